The highest BCUT2D eigenvalue weighted by atomic mass is 32.2. The maximum Gasteiger partial charge on any atom is 0.249 e. The Labute approximate surface area is 153 Å². The number of carbonyl (C=O) groups is 2. The number of halogens is 1. The predicted octanol–water partition coefficient (Wildman–Crippen LogP) is 3.59. The van der Waals surface area contributed by atoms with E-state index in [4.69, 9.17) is 5.73 Å². The zero-order chi connectivity index (χ0) is 18.7. The summed E-state index contributed by atoms with van der Waals surface area (Å²) in [6.07, 6.45) is 0. The fraction of sp³-hybridized carbons (Fsp3) is 0.105. The lowest BCUT2D eigenvalue weighted by Gasteiger charge is -2.13. The largest absolute Gasteiger partial charge is 0.366 e. The fourth-order valence-corrected chi connectivity index (χ4v) is 3.33. The molecule has 0 unspecified atom stereocenters. The molecule has 3 N–H and O–H groups in total. The number of para-hydroxylation sites is 1. The minimum absolute atomic E-state index is 0.295. The summed E-state index contributed by atoms with van der Waals surface area (Å²) in [6, 6.07) is 14.4. The molecule has 1 aromatic heterocycles. The summed E-state index contributed by atoms with van der Waals surface area (Å²) in [4.78, 5) is 28.5. The number of fused-ring (bicyclic) bond motifs is 1. The summed E-state index contributed by atoms with van der Waals surface area (Å²) in [5.41, 5.74) is 6.83. The van der Waals surface area contributed by atoms with E-state index in [-0.39, 0.29) is 5.91 Å². The zero-order valence-electron chi connectivity index (χ0n) is 13.9. The molecule has 0 saturated carbocycles. The van der Waals surface area contributed by atoms with Gasteiger partial charge in [-0.1, -0.05) is 36.0 Å². The number of nitrogens with one attached hydrogen (secondary N) is 1. The number of pyridine rings is 1. The van der Waals surface area contributed by atoms with Gasteiger partial charge in [0.2, 0.25) is 11.8 Å². The van der Waals surface area contributed by atoms with Crippen LogP contribution >= 0.6 is 11.8 Å². The van der Waals surface area contributed by atoms with Crippen LogP contribution < -0.4 is 11.1 Å². The highest BCUT2D eigenvalue weighted by Crippen LogP contribution is 2.27. The molecular weight excluding hydrogens is 353 g/mol. The molecule has 0 aliphatic heterocycles. The van der Waals surface area contributed by atoms with Crippen LogP contribution in [0.4, 0.5) is 10.1 Å². The molecule has 3 rings (SSSR count). The minimum atomic E-state index is -0.553. The van der Waals surface area contributed by atoms with Crippen LogP contribution in [0, 0.1) is 5.82 Å². The number of thioether (sulfide) groups is 1. The van der Waals surface area contributed by atoms with Gasteiger partial charge in [0, 0.05) is 11.1 Å². The van der Waals surface area contributed by atoms with E-state index in [9.17, 15) is 14.0 Å². The third-order valence-corrected chi connectivity index (χ3v) is 4.74. The van der Waals surface area contributed by atoms with E-state index in [2.05, 4.69) is 10.3 Å². The fourth-order valence-electron chi connectivity index (χ4n) is 2.46. The Bertz CT molecular complexity index is 993. The first-order valence-corrected chi connectivity index (χ1v) is 8.74. The molecule has 7 heteroatoms. The monoisotopic (exact) mass is 369 g/mol. The Hall–Kier alpha value is -2.93. The van der Waals surface area contributed by atoms with Crippen molar-refractivity contribution in [1.82, 2.24) is 4.98 Å². The molecule has 0 spiro atoms. The third-order valence-electron chi connectivity index (χ3n) is 3.72. The highest BCUT2D eigenvalue weighted by molar-refractivity contribution is 8.00. The Kier molecular flexibility index (Phi) is 5.18. The van der Waals surface area contributed by atoms with Gasteiger partial charge in [-0.25, -0.2) is 9.37 Å². The van der Waals surface area contributed by atoms with Crippen LogP contribution in [-0.4, -0.2) is 22.0 Å². The summed E-state index contributed by atoms with van der Waals surface area (Å²) < 4.78 is 13.2. The average molecular weight is 369 g/mol. The van der Waals surface area contributed by atoms with Gasteiger partial charge in [0.05, 0.1) is 21.4 Å². The van der Waals surface area contributed by atoms with Crippen molar-refractivity contribution in [2.45, 2.75) is 17.2 Å². The van der Waals surface area contributed by atoms with Gasteiger partial charge in [0.25, 0.3) is 0 Å². The number of amides is 2. The van der Waals surface area contributed by atoms with Crippen molar-refractivity contribution in [2.24, 2.45) is 5.73 Å². The second-order valence-corrected chi connectivity index (χ2v) is 7.01. The van der Waals surface area contributed by atoms with E-state index in [1.807, 2.05) is 6.07 Å². The van der Waals surface area contributed by atoms with Crippen molar-refractivity contribution in [1.29, 1.82) is 0 Å². The Morgan fingerprint density at radius 2 is 1.92 bits per heavy atom. The van der Waals surface area contributed by atoms with Crippen molar-refractivity contribution in [3.8, 4) is 0 Å². The minimum Gasteiger partial charge on any atom is -0.366 e. The molecule has 0 fully saturated rings. The molecule has 1 heterocycles. The topological polar surface area (TPSA) is 85.1 Å². The number of nitrogens with two attached hydrogens (primary N) is 1. The second kappa shape index (κ2) is 7.53. The number of anilines is 1. The number of hydrogen-bond donors (Lipinski definition) is 2. The van der Waals surface area contributed by atoms with Gasteiger partial charge < -0.3 is 11.1 Å². The number of benzene rings is 2. The molecule has 2 aromatic carbocycles. The smallest absolute Gasteiger partial charge is 0.249 e. The predicted molar refractivity (Wildman–Crippen MR) is 101 cm³/mol. The first kappa shape index (κ1) is 17.9. The van der Waals surface area contributed by atoms with Crippen LogP contribution in [0.1, 0.15) is 17.3 Å². The van der Waals surface area contributed by atoms with Crippen molar-refractivity contribution in [2.75, 3.05) is 5.32 Å². The normalized spacial score (nSPS) is 11.9. The van der Waals surface area contributed by atoms with Gasteiger partial charge in [0.1, 0.15) is 5.82 Å². The Morgan fingerprint density at radius 3 is 2.65 bits per heavy atom. The maximum atomic E-state index is 13.2. The van der Waals surface area contributed by atoms with Gasteiger partial charge >= 0.3 is 0 Å². The SMILES string of the molecule is C[C@@H](Sc1cc(C(N)=O)c2ccccc2n1)C(=O)Nc1cccc(F)c1. The lowest BCUT2D eigenvalue weighted by Crippen LogP contribution is -2.22. The van der Waals surface area contributed by atoms with Crippen LogP contribution in [0.15, 0.2) is 59.6 Å². The summed E-state index contributed by atoms with van der Waals surface area (Å²) in [7, 11) is 0. The molecule has 5 nitrogen and oxygen atoms in total. The number of hydrogen-bond acceptors (Lipinski definition) is 4. The van der Waals surface area contributed by atoms with E-state index in [1.54, 1.807) is 37.3 Å². The number of rotatable bonds is 5. The highest BCUT2D eigenvalue weighted by Gasteiger charge is 2.18. The van der Waals surface area contributed by atoms with E-state index in [1.165, 1.54) is 30.0 Å². The van der Waals surface area contributed by atoms with Gasteiger partial charge in [-0.2, -0.15) is 0 Å². The molecule has 3 aromatic rings. The average Bonchev–Trinajstić information content (AvgIpc) is 2.60. The van der Waals surface area contributed by atoms with Crippen LogP contribution in [0.2, 0.25) is 0 Å². The summed E-state index contributed by atoms with van der Waals surface area (Å²) in [5, 5.41) is 3.33. The Balaban J connectivity index is 1.81. The lowest BCUT2D eigenvalue weighted by atomic mass is 10.1. The van der Waals surface area contributed by atoms with E-state index >= 15 is 0 Å². The first-order chi connectivity index (χ1) is 12.4. The first-order valence-electron chi connectivity index (χ1n) is 7.87. The molecule has 2 amide bonds. The number of carbonyl (C=O) groups excluding carboxylic acids is 2. The Morgan fingerprint density at radius 1 is 1.15 bits per heavy atom. The van der Waals surface area contributed by atoms with Crippen LogP contribution in [0.5, 0.6) is 0 Å². The van der Waals surface area contributed by atoms with Crippen molar-refractivity contribution in [3.05, 3.63) is 66.0 Å². The van der Waals surface area contributed by atoms with E-state index < -0.39 is 17.0 Å². The third kappa shape index (κ3) is 4.00. The van der Waals surface area contributed by atoms with Crippen molar-refractivity contribution >= 4 is 40.2 Å². The van der Waals surface area contributed by atoms with Gasteiger partial charge in [-0.15, -0.1) is 0 Å². The molecule has 0 radical (unpaired) electrons. The molecule has 132 valence electrons. The number of primary amides is 1. The number of aromatic nitrogens is 1. The van der Waals surface area contributed by atoms with E-state index in [0.717, 1.165) is 0 Å². The van der Waals surface area contributed by atoms with Crippen molar-refractivity contribution < 1.29 is 14.0 Å². The maximum absolute atomic E-state index is 13.2. The standard InChI is InChI=1S/C19H16FN3O2S/c1-11(19(25)22-13-6-4-5-12(20)9-13)26-17-10-15(18(21)24)14-7-2-3-8-16(14)23-17/h2-11H,1H3,(H2,21,24)(H,22,25)/t11-/m1/s1. The molecule has 0 bridgehead atoms. The zero-order valence-corrected chi connectivity index (χ0v) is 14.7. The van der Waals surface area contributed by atoms with Crippen LogP contribution in [0.25, 0.3) is 10.9 Å². The second-order valence-electron chi connectivity index (χ2n) is 5.65. The van der Waals surface area contributed by atoms with Crippen molar-refractivity contribution in [3.63, 3.8) is 0 Å². The van der Waals surface area contributed by atoms with E-state index in [0.29, 0.717) is 27.2 Å². The molecule has 0 aliphatic carbocycles. The molecule has 1 atom stereocenters. The summed E-state index contributed by atoms with van der Waals surface area (Å²) in [6.45, 7) is 1.71. The summed E-state index contributed by atoms with van der Waals surface area (Å²) in [5.74, 6) is -1.27. The van der Waals surface area contributed by atoms with Gasteiger partial charge in [-0.05, 0) is 37.3 Å². The van der Waals surface area contributed by atoms with Gasteiger partial charge in [-0.3, -0.25) is 9.59 Å². The van der Waals surface area contributed by atoms with Crippen LogP contribution in [-0.2, 0) is 4.79 Å². The molecule has 26 heavy (non-hydrogen) atoms. The summed E-state index contributed by atoms with van der Waals surface area (Å²) >= 11 is 1.20. The molecule has 0 aliphatic rings. The van der Waals surface area contributed by atoms with Crippen LogP contribution in [0.3, 0.4) is 0 Å². The molecular formula is C19H16FN3O2S. The quantitative estimate of drug-likeness (QED) is 0.673. The molecule has 0 saturated heterocycles. The lowest BCUT2D eigenvalue weighted by molar-refractivity contribution is -0.115. The number of nitrogens with zero attached hydrogens (tertiary/aromatic N) is 1. The van der Waals surface area contributed by atoms with Gasteiger partial charge in [0.15, 0.2) is 0 Å².